The second kappa shape index (κ2) is 9.95. The number of nitrogens with one attached hydrogen (secondary N) is 1. The van der Waals surface area contributed by atoms with Crippen LogP contribution in [0.1, 0.15) is 22.7 Å². The minimum absolute atomic E-state index is 0.0817. The maximum atomic E-state index is 13.6. The highest BCUT2D eigenvalue weighted by molar-refractivity contribution is 6.46. The maximum Gasteiger partial charge on any atom is 0.295 e. The Bertz CT molecular complexity index is 1090. The molecule has 8 nitrogen and oxygen atoms in total. The van der Waals surface area contributed by atoms with Crippen LogP contribution in [-0.2, 0) is 9.59 Å². The summed E-state index contributed by atoms with van der Waals surface area (Å²) in [5.74, 6) is -0.330. The van der Waals surface area contributed by atoms with Crippen molar-refractivity contribution in [2.45, 2.75) is 13.0 Å². The van der Waals surface area contributed by atoms with E-state index in [2.05, 4.69) is 0 Å². The lowest BCUT2D eigenvalue weighted by Crippen LogP contribution is -3.06. The van der Waals surface area contributed by atoms with Crippen molar-refractivity contribution in [1.29, 1.82) is 0 Å². The Balaban J connectivity index is 2.22. The predicted octanol–water partition coefficient (Wildman–Crippen LogP) is 0.389. The number of amides is 1. The summed E-state index contributed by atoms with van der Waals surface area (Å²) in [5.41, 5.74) is 1.55. The average Bonchev–Trinajstić information content (AvgIpc) is 3.06. The number of aryl methyl sites for hydroxylation is 1. The van der Waals surface area contributed by atoms with Gasteiger partial charge in [0.1, 0.15) is 17.2 Å². The number of ketones is 1. The van der Waals surface area contributed by atoms with E-state index in [0.717, 1.165) is 10.5 Å². The van der Waals surface area contributed by atoms with Crippen LogP contribution in [0.25, 0.3) is 5.76 Å². The van der Waals surface area contributed by atoms with E-state index in [1.807, 2.05) is 21.0 Å². The SMILES string of the molecule is COc1ccc(C2C(=C([O-])c3ccc(OC)c(C)c3)C(=O)C(=O)N2CC[NH+](C)C)c(OC)c1. The van der Waals surface area contributed by atoms with Gasteiger partial charge in [-0.2, -0.15) is 0 Å². The number of hydrogen-bond acceptors (Lipinski definition) is 6. The van der Waals surface area contributed by atoms with Gasteiger partial charge in [-0.15, -0.1) is 0 Å². The van der Waals surface area contributed by atoms with Gasteiger partial charge in [-0.25, -0.2) is 0 Å². The Morgan fingerprint density at radius 1 is 1.00 bits per heavy atom. The van der Waals surface area contributed by atoms with E-state index >= 15 is 0 Å². The molecule has 3 rings (SSSR count). The molecular weight excluding hydrogens is 424 g/mol. The maximum absolute atomic E-state index is 13.6. The number of hydrogen-bond donors (Lipinski definition) is 1. The lowest BCUT2D eigenvalue weighted by atomic mass is 9.94. The van der Waals surface area contributed by atoms with Gasteiger partial charge in [-0.3, -0.25) is 9.59 Å². The number of rotatable bonds is 8. The molecule has 2 aromatic rings. The molecule has 1 amide bonds. The zero-order valence-corrected chi connectivity index (χ0v) is 19.9. The van der Waals surface area contributed by atoms with Crippen LogP contribution in [0.2, 0.25) is 0 Å². The van der Waals surface area contributed by atoms with Crippen LogP contribution in [0, 0.1) is 6.92 Å². The highest BCUT2D eigenvalue weighted by atomic mass is 16.5. The summed E-state index contributed by atoms with van der Waals surface area (Å²) in [5, 5.41) is 13.6. The fraction of sp³-hybridized carbons (Fsp3) is 0.360. The van der Waals surface area contributed by atoms with Crippen LogP contribution in [0.4, 0.5) is 0 Å². The van der Waals surface area contributed by atoms with Crippen molar-refractivity contribution in [1.82, 2.24) is 4.90 Å². The summed E-state index contributed by atoms with van der Waals surface area (Å²) in [6.07, 6.45) is 0. The smallest absolute Gasteiger partial charge is 0.295 e. The van der Waals surface area contributed by atoms with Crippen molar-refractivity contribution in [3.05, 3.63) is 58.7 Å². The number of quaternary nitrogens is 1. The standard InChI is InChI=1S/C25H30N2O6/c1-15-13-16(7-10-19(15)32-5)23(28)21-22(18-9-8-17(31-4)14-20(18)33-6)27(12-11-26(2)3)25(30)24(21)29/h7-10,13-14,22,28H,11-12H2,1-6H3. The molecule has 33 heavy (non-hydrogen) atoms. The van der Waals surface area contributed by atoms with Crippen LogP contribution in [-0.4, -0.2) is 65.1 Å². The van der Waals surface area contributed by atoms with Gasteiger partial charge < -0.3 is 29.1 Å². The molecule has 0 bridgehead atoms. The van der Waals surface area contributed by atoms with Crippen LogP contribution in [0.15, 0.2) is 42.0 Å². The van der Waals surface area contributed by atoms with E-state index in [-0.39, 0.29) is 5.57 Å². The Labute approximate surface area is 194 Å². The number of carbonyl (C=O) groups excluding carboxylic acids is 2. The van der Waals surface area contributed by atoms with Crippen molar-refractivity contribution in [3.63, 3.8) is 0 Å². The van der Waals surface area contributed by atoms with E-state index < -0.39 is 23.5 Å². The molecule has 1 fully saturated rings. The Kier molecular flexibility index (Phi) is 7.28. The van der Waals surface area contributed by atoms with Crippen molar-refractivity contribution in [3.8, 4) is 17.2 Å². The van der Waals surface area contributed by atoms with Gasteiger partial charge in [0.05, 0.1) is 54.6 Å². The first kappa shape index (κ1) is 24.1. The fourth-order valence-electron chi connectivity index (χ4n) is 3.99. The third-order valence-corrected chi connectivity index (χ3v) is 5.77. The number of methoxy groups -OCH3 is 3. The number of nitrogens with zero attached hydrogens (tertiary/aromatic N) is 1. The van der Waals surface area contributed by atoms with Gasteiger partial charge in [0, 0.05) is 17.2 Å². The lowest BCUT2D eigenvalue weighted by molar-refractivity contribution is -0.857. The minimum atomic E-state index is -0.861. The lowest BCUT2D eigenvalue weighted by Gasteiger charge is -2.29. The number of ether oxygens (including phenoxy) is 3. The first-order valence-electron chi connectivity index (χ1n) is 10.7. The van der Waals surface area contributed by atoms with Crippen molar-refractivity contribution < 1.29 is 33.8 Å². The zero-order chi connectivity index (χ0) is 24.3. The molecule has 1 saturated heterocycles. The summed E-state index contributed by atoms with van der Waals surface area (Å²) in [6, 6.07) is 9.23. The molecule has 8 heteroatoms. The first-order chi connectivity index (χ1) is 15.7. The molecule has 1 aliphatic heterocycles. The fourth-order valence-corrected chi connectivity index (χ4v) is 3.99. The molecule has 176 valence electrons. The molecule has 1 aliphatic rings. The van der Waals surface area contributed by atoms with Gasteiger partial charge >= 0.3 is 0 Å². The molecule has 0 radical (unpaired) electrons. The molecule has 0 spiro atoms. The topological polar surface area (TPSA) is 92.6 Å². The van der Waals surface area contributed by atoms with Crippen molar-refractivity contribution in [2.24, 2.45) is 0 Å². The van der Waals surface area contributed by atoms with Gasteiger partial charge in [-0.1, -0.05) is 11.8 Å². The van der Waals surface area contributed by atoms with E-state index in [9.17, 15) is 14.7 Å². The minimum Gasteiger partial charge on any atom is -0.872 e. The summed E-state index contributed by atoms with van der Waals surface area (Å²) >= 11 is 0. The molecule has 0 saturated carbocycles. The molecule has 2 aromatic carbocycles. The number of benzene rings is 2. The first-order valence-corrected chi connectivity index (χ1v) is 10.7. The third kappa shape index (κ3) is 4.66. The number of Topliss-reactive ketones (excluding diaryl/α,β-unsaturated/α-hetero) is 1. The Morgan fingerprint density at radius 3 is 2.27 bits per heavy atom. The van der Waals surface area contributed by atoms with Crippen LogP contribution in [0.3, 0.4) is 0 Å². The van der Waals surface area contributed by atoms with E-state index in [0.29, 0.717) is 41.5 Å². The van der Waals surface area contributed by atoms with Gasteiger partial charge in [0.2, 0.25) is 5.78 Å². The molecule has 0 aliphatic carbocycles. The Hall–Kier alpha value is -3.52. The summed E-state index contributed by atoms with van der Waals surface area (Å²) in [4.78, 5) is 28.8. The van der Waals surface area contributed by atoms with E-state index in [1.54, 1.807) is 43.5 Å². The van der Waals surface area contributed by atoms with Crippen molar-refractivity contribution in [2.75, 3.05) is 48.5 Å². The highest BCUT2D eigenvalue weighted by Crippen LogP contribution is 2.43. The number of likely N-dealkylation sites (N-methyl/N-ethyl adjacent to an activating group) is 1. The van der Waals surface area contributed by atoms with Gasteiger partial charge in [-0.05, 0) is 42.3 Å². The van der Waals surface area contributed by atoms with E-state index in [4.69, 9.17) is 14.2 Å². The second-order valence-corrected chi connectivity index (χ2v) is 8.22. The predicted molar refractivity (Wildman–Crippen MR) is 121 cm³/mol. The summed E-state index contributed by atoms with van der Waals surface area (Å²) in [6.45, 7) is 2.74. The molecule has 1 N–H and O–H groups in total. The molecule has 1 heterocycles. The van der Waals surface area contributed by atoms with Gasteiger partial charge in [0.25, 0.3) is 5.91 Å². The second-order valence-electron chi connectivity index (χ2n) is 8.22. The van der Waals surface area contributed by atoms with Crippen LogP contribution in [0.5, 0.6) is 17.2 Å². The number of likely N-dealkylation sites (tertiary alicyclic amines) is 1. The molecule has 1 unspecified atom stereocenters. The summed E-state index contributed by atoms with van der Waals surface area (Å²) < 4.78 is 16.1. The van der Waals surface area contributed by atoms with Crippen molar-refractivity contribution >= 4 is 17.4 Å². The van der Waals surface area contributed by atoms with E-state index in [1.165, 1.54) is 19.1 Å². The molecule has 0 aromatic heterocycles. The van der Waals surface area contributed by atoms with Crippen LogP contribution < -0.4 is 24.2 Å². The van der Waals surface area contributed by atoms with Crippen LogP contribution >= 0.6 is 0 Å². The largest absolute Gasteiger partial charge is 0.872 e. The Morgan fingerprint density at radius 2 is 1.70 bits per heavy atom. The average molecular weight is 455 g/mol. The number of carbonyl (C=O) groups is 2. The quantitative estimate of drug-likeness (QED) is 0.353. The highest BCUT2D eigenvalue weighted by Gasteiger charge is 2.45. The normalized spacial score (nSPS) is 17.5. The summed E-state index contributed by atoms with van der Waals surface area (Å²) in [7, 11) is 8.51. The van der Waals surface area contributed by atoms with Gasteiger partial charge in [0.15, 0.2) is 0 Å². The molecular formula is C25H30N2O6. The zero-order valence-electron chi connectivity index (χ0n) is 19.9. The molecule has 1 atom stereocenters. The third-order valence-electron chi connectivity index (χ3n) is 5.77. The monoisotopic (exact) mass is 454 g/mol.